The number of hydrogen-bond donors (Lipinski definition) is 2. The molecule has 0 bridgehead atoms. The third-order valence-corrected chi connectivity index (χ3v) is 7.50. The first-order valence-corrected chi connectivity index (χ1v) is 13.1. The summed E-state index contributed by atoms with van der Waals surface area (Å²) < 4.78 is 58.1. The van der Waals surface area contributed by atoms with E-state index >= 15 is 0 Å². The lowest BCUT2D eigenvalue weighted by molar-refractivity contribution is 0.340. The Balaban J connectivity index is 1.75. The van der Waals surface area contributed by atoms with Crippen molar-refractivity contribution in [3.8, 4) is 17.0 Å². The molecule has 8 nitrogen and oxygen atoms in total. The summed E-state index contributed by atoms with van der Waals surface area (Å²) in [5.41, 5.74) is 2.45. The number of ether oxygens (including phenoxy) is 1. The zero-order valence-corrected chi connectivity index (χ0v) is 19.0. The number of nitrogens with zero attached hydrogens (tertiary/aromatic N) is 1. The summed E-state index contributed by atoms with van der Waals surface area (Å²) in [6.07, 6.45) is 0.974. The Labute approximate surface area is 186 Å². The molecule has 32 heavy (non-hydrogen) atoms. The van der Waals surface area contributed by atoms with E-state index in [9.17, 15) is 16.8 Å². The largest absolute Gasteiger partial charge is 0.494 e. The van der Waals surface area contributed by atoms with Gasteiger partial charge >= 0.3 is 0 Å². The van der Waals surface area contributed by atoms with Crippen LogP contribution >= 0.6 is 0 Å². The summed E-state index contributed by atoms with van der Waals surface area (Å²) in [4.78, 5) is -0.565. The zero-order valence-electron chi connectivity index (χ0n) is 17.4. The molecule has 10 heteroatoms. The molecule has 0 unspecified atom stereocenters. The van der Waals surface area contributed by atoms with Crippen molar-refractivity contribution >= 4 is 36.5 Å². The molecule has 0 saturated heterocycles. The number of hydrogen-bond acceptors (Lipinski definition) is 6. The van der Waals surface area contributed by atoms with Gasteiger partial charge in [-0.3, -0.25) is 9.82 Å². The second-order valence-corrected chi connectivity index (χ2v) is 10.8. The molecule has 0 radical (unpaired) electrons. The first-order chi connectivity index (χ1) is 15.2. The van der Waals surface area contributed by atoms with E-state index in [0.29, 0.717) is 23.4 Å². The van der Waals surface area contributed by atoms with E-state index in [2.05, 4.69) is 14.9 Å². The minimum atomic E-state index is -4.15. The Hall–Kier alpha value is -3.37. The number of rotatable bonds is 7. The number of aromatic nitrogens is 2. The van der Waals surface area contributed by atoms with Crippen molar-refractivity contribution in [2.45, 2.75) is 16.7 Å². The molecule has 0 fully saturated rings. The van der Waals surface area contributed by atoms with Gasteiger partial charge in [0.1, 0.15) is 16.3 Å². The summed E-state index contributed by atoms with van der Waals surface area (Å²) in [5, 5.41) is 8.02. The molecule has 0 saturated carbocycles. The van der Waals surface area contributed by atoms with Gasteiger partial charge in [-0.15, -0.1) is 0 Å². The molecule has 2 N–H and O–H groups in total. The summed E-state index contributed by atoms with van der Waals surface area (Å²) in [6, 6.07) is 17.9. The molecule has 0 atom stereocenters. The number of sulfonamides is 1. The molecule has 0 amide bonds. The van der Waals surface area contributed by atoms with Gasteiger partial charge < -0.3 is 4.74 Å². The van der Waals surface area contributed by atoms with Crippen molar-refractivity contribution in [3.05, 3.63) is 66.7 Å². The quantitative estimate of drug-likeness (QED) is 0.423. The van der Waals surface area contributed by atoms with E-state index in [1.54, 1.807) is 18.2 Å². The van der Waals surface area contributed by atoms with Gasteiger partial charge in [0.25, 0.3) is 10.0 Å². The van der Waals surface area contributed by atoms with E-state index in [4.69, 9.17) is 4.74 Å². The van der Waals surface area contributed by atoms with Gasteiger partial charge in [-0.1, -0.05) is 24.3 Å². The molecule has 3 aromatic carbocycles. The van der Waals surface area contributed by atoms with E-state index in [1.807, 2.05) is 31.2 Å². The Morgan fingerprint density at radius 1 is 0.938 bits per heavy atom. The molecule has 166 valence electrons. The summed E-state index contributed by atoms with van der Waals surface area (Å²) in [7, 11) is -7.88. The molecular weight excluding hydrogens is 450 g/mol. The van der Waals surface area contributed by atoms with E-state index < -0.39 is 19.9 Å². The van der Waals surface area contributed by atoms with E-state index in [1.165, 1.54) is 24.3 Å². The van der Waals surface area contributed by atoms with E-state index in [0.717, 1.165) is 17.3 Å². The average molecular weight is 472 g/mol. The molecule has 0 spiro atoms. The maximum atomic E-state index is 13.0. The van der Waals surface area contributed by atoms with Crippen LogP contribution in [0.15, 0.2) is 76.5 Å². The van der Waals surface area contributed by atoms with Crippen LogP contribution in [-0.4, -0.2) is 39.9 Å². The minimum absolute atomic E-state index is 0.259. The fourth-order valence-electron chi connectivity index (χ4n) is 3.39. The number of anilines is 1. The van der Waals surface area contributed by atoms with Crippen LogP contribution in [0.3, 0.4) is 0 Å². The van der Waals surface area contributed by atoms with Crippen molar-refractivity contribution in [2.75, 3.05) is 17.6 Å². The SMILES string of the molecule is CCOc1cccc(-c2n[nH]c3ccc(NS(=O)(=O)c4ccccc4S(C)(=O)=O)cc23)c1. The smallest absolute Gasteiger partial charge is 0.263 e. The fourth-order valence-corrected chi connectivity index (χ4v) is 6.07. The highest BCUT2D eigenvalue weighted by Crippen LogP contribution is 2.31. The first-order valence-electron chi connectivity index (χ1n) is 9.72. The second-order valence-electron chi connectivity index (χ2n) is 7.12. The van der Waals surface area contributed by atoms with E-state index in [-0.39, 0.29) is 15.5 Å². The highest BCUT2D eigenvalue weighted by atomic mass is 32.2. The third-order valence-electron chi connectivity index (χ3n) is 4.77. The fraction of sp³-hybridized carbons (Fsp3) is 0.136. The molecule has 0 aliphatic heterocycles. The first kappa shape index (κ1) is 21.8. The molecule has 4 rings (SSSR count). The summed E-state index contributed by atoms with van der Waals surface area (Å²) >= 11 is 0. The third kappa shape index (κ3) is 4.32. The Kier molecular flexibility index (Phi) is 5.66. The van der Waals surface area contributed by atoms with Crippen molar-refractivity contribution in [2.24, 2.45) is 0 Å². The van der Waals surface area contributed by atoms with Crippen LogP contribution in [-0.2, 0) is 19.9 Å². The molecule has 1 aromatic heterocycles. The lowest BCUT2D eigenvalue weighted by Gasteiger charge is -2.11. The number of fused-ring (bicyclic) bond motifs is 1. The maximum absolute atomic E-state index is 13.0. The van der Waals surface area contributed by atoms with Crippen molar-refractivity contribution in [3.63, 3.8) is 0 Å². The average Bonchev–Trinajstić information content (AvgIpc) is 3.17. The number of sulfone groups is 1. The van der Waals surface area contributed by atoms with Crippen LogP contribution in [0.2, 0.25) is 0 Å². The molecule has 4 aromatic rings. The minimum Gasteiger partial charge on any atom is -0.494 e. The van der Waals surface area contributed by atoms with Crippen LogP contribution in [0.1, 0.15) is 6.92 Å². The number of aromatic amines is 1. The van der Waals surface area contributed by atoms with Crippen LogP contribution in [0.5, 0.6) is 5.75 Å². The Bertz CT molecular complexity index is 1510. The van der Waals surface area contributed by atoms with Gasteiger partial charge in [0.2, 0.25) is 0 Å². The lowest BCUT2D eigenvalue weighted by Crippen LogP contribution is -2.16. The van der Waals surface area contributed by atoms with Gasteiger partial charge in [0, 0.05) is 22.9 Å². The summed E-state index contributed by atoms with van der Waals surface area (Å²) in [5.74, 6) is 0.704. The van der Waals surface area contributed by atoms with Crippen LogP contribution in [0.25, 0.3) is 22.2 Å². The Morgan fingerprint density at radius 2 is 1.69 bits per heavy atom. The van der Waals surface area contributed by atoms with Crippen LogP contribution in [0.4, 0.5) is 5.69 Å². The van der Waals surface area contributed by atoms with Crippen LogP contribution < -0.4 is 9.46 Å². The molecule has 0 aliphatic rings. The number of nitrogens with one attached hydrogen (secondary N) is 2. The molecule has 1 heterocycles. The zero-order chi connectivity index (χ0) is 22.9. The van der Waals surface area contributed by atoms with Crippen molar-refractivity contribution < 1.29 is 21.6 Å². The Morgan fingerprint density at radius 3 is 2.41 bits per heavy atom. The van der Waals surface area contributed by atoms with Crippen LogP contribution in [0, 0.1) is 0 Å². The predicted molar refractivity (Wildman–Crippen MR) is 123 cm³/mol. The van der Waals surface area contributed by atoms with Gasteiger partial charge in [-0.2, -0.15) is 5.10 Å². The number of benzene rings is 3. The van der Waals surface area contributed by atoms with Gasteiger partial charge in [-0.25, -0.2) is 16.8 Å². The monoisotopic (exact) mass is 471 g/mol. The van der Waals surface area contributed by atoms with Gasteiger partial charge in [0.05, 0.1) is 17.0 Å². The standard InChI is InChI=1S/C22H21N3O5S2/c1-3-30-17-8-6-7-15(13-17)22-18-14-16(11-12-19(18)23-24-22)25-32(28,29)21-10-5-4-9-20(21)31(2,26)27/h4-14,25H,3H2,1-2H3,(H,23,24). The topological polar surface area (TPSA) is 118 Å². The lowest BCUT2D eigenvalue weighted by atomic mass is 10.1. The van der Waals surface area contributed by atoms with Crippen molar-refractivity contribution in [1.29, 1.82) is 0 Å². The van der Waals surface area contributed by atoms with Gasteiger partial charge in [-0.05, 0) is 49.4 Å². The predicted octanol–water partition coefficient (Wildman–Crippen LogP) is 3.83. The number of H-pyrrole nitrogens is 1. The molecule has 0 aliphatic carbocycles. The second kappa shape index (κ2) is 8.29. The normalized spacial score (nSPS) is 12.1. The highest BCUT2D eigenvalue weighted by Gasteiger charge is 2.24. The molecular formula is C22H21N3O5S2. The van der Waals surface area contributed by atoms with Crippen molar-refractivity contribution in [1.82, 2.24) is 10.2 Å². The highest BCUT2D eigenvalue weighted by molar-refractivity contribution is 7.95. The maximum Gasteiger partial charge on any atom is 0.263 e. The van der Waals surface area contributed by atoms with Gasteiger partial charge in [0.15, 0.2) is 9.84 Å². The summed E-state index contributed by atoms with van der Waals surface area (Å²) in [6.45, 7) is 2.43.